The van der Waals surface area contributed by atoms with Crippen molar-refractivity contribution < 1.29 is 0 Å². The molecule has 0 atom stereocenters. The number of anilines is 1. The summed E-state index contributed by atoms with van der Waals surface area (Å²) >= 11 is 0. The normalized spacial score (nSPS) is 10.3. The van der Waals surface area contributed by atoms with Crippen molar-refractivity contribution in [3.05, 3.63) is 17.3 Å². The average Bonchev–Trinajstić information content (AvgIpc) is 2.35. The number of nitriles is 1. The average molecular weight is 162 g/mol. The molecule has 4 heteroatoms. The van der Waals surface area contributed by atoms with Gasteiger partial charge in [0, 0.05) is 11.3 Å². The summed E-state index contributed by atoms with van der Waals surface area (Å²) < 4.78 is 0. The summed E-state index contributed by atoms with van der Waals surface area (Å²) in [4.78, 5) is 0. The maximum Gasteiger partial charge on any atom is 0.152 e. The van der Waals surface area contributed by atoms with E-state index < -0.39 is 0 Å². The minimum atomic E-state index is 0.393. The highest BCUT2D eigenvalue weighted by molar-refractivity contribution is 5.63. The van der Waals surface area contributed by atoms with E-state index in [1.165, 1.54) is 0 Å². The first-order chi connectivity index (χ1) is 5.75. The highest BCUT2D eigenvalue weighted by Crippen LogP contribution is 2.13. The van der Waals surface area contributed by atoms with Gasteiger partial charge in [0.2, 0.25) is 0 Å². The molecule has 0 radical (unpaired) electrons. The van der Waals surface area contributed by atoms with Gasteiger partial charge in [-0.2, -0.15) is 10.4 Å². The molecule has 3 N–H and O–H groups in total. The number of nitrogens with zero attached hydrogens (tertiary/aromatic N) is 2. The molecule has 1 aromatic rings. The third kappa shape index (κ3) is 1.64. The second-order valence-electron chi connectivity index (χ2n) is 2.41. The maximum absolute atomic E-state index is 8.28. The molecule has 1 aromatic heterocycles. The first kappa shape index (κ1) is 8.34. The number of aromatic amines is 1. The largest absolute Gasteiger partial charge is 0.382 e. The first-order valence-electron chi connectivity index (χ1n) is 3.59. The van der Waals surface area contributed by atoms with Gasteiger partial charge in [0.1, 0.15) is 0 Å². The van der Waals surface area contributed by atoms with E-state index in [1.54, 1.807) is 12.2 Å². The zero-order valence-electron chi connectivity index (χ0n) is 6.83. The molecule has 0 spiro atoms. The van der Waals surface area contributed by atoms with Gasteiger partial charge in [-0.1, -0.05) is 12.2 Å². The van der Waals surface area contributed by atoms with E-state index in [9.17, 15) is 0 Å². The van der Waals surface area contributed by atoms with E-state index in [2.05, 4.69) is 10.2 Å². The molecule has 1 heterocycles. The predicted octanol–water partition coefficient (Wildman–Crippen LogP) is 1.23. The number of aromatic nitrogens is 2. The van der Waals surface area contributed by atoms with Gasteiger partial charge >= 0.3 is 0 Å². The molecule has 0 aliphatic heterocycles. The standard InChI is InChI=1S/C8H10N4/c1-6-7(4-2-3-5-9)8(10)12-11-6/h2,4H,3H2,1H3,(H3,10,11,12). The van der Waals surface area contributed by atoms with Crippen LogP contribution in [0.15, 0.2) is 6.08 Å². The Labute approximate surface area is 70.7 Å². The lowest BCUT2D eigenvalue weighted by Crippen LogP contribution is -1.86. The summed E-state index contributed by atoms with van der Waals surface area (Å²) in [6, 6.07) is 2.01. The Hall–Kier alpha value is -1.76. The number of hydrogen-bond donors (Lipinski definition) is 2. The summed E-state index contributed by atoms with van der Waals surface area (Å²) in [5, 5.41) is 14.8. The first-order valence-corrected chi connectivity index (χ1v) is 3.59. The smallest absolute Gasteiger partial charge is 0.152 e. The fraction of sp³-hybridized carbons (Fsp3) is 0.250. The molecule has 62 valence electrons. The molecule has 0 fully saturated rings. The van der Waals surface area contributed by atoms with E-state index in [0.29, 0.717) is 12.2 Å². The van der Waals surface area contributed by atoms with Crippen molar-refractivity contribution in [3.63, 3.8) is 0 Å². The Morgan fingerprint density at radius 1 is 1.75 bits per heavy atom. The second-order valence-corrected chi connectivity index (χ2v) is 2.41. The number of nitrogens with two attached hydrogens (primary N) is 1. The molecule has 0 bridgehead atoms. The Balaban J connectivity index is 2.82. The Kier molecular flexibility index (Phi) is 2.49. The van der Waals surface area contributed by atoms with Crippen LogP contribution < -0.4 is 5.73 Å². The van der Waals surface area contributed by atoms with Crippen molar-refractivity contribution in [2.24, 2.45) is 0 Å². The van der Waals surface area contributed by atoms with Crippen molar-refractivity contribution in [2.75, 3.05) is 5.73 Å². The molecule has 0 unspecified atom stereocenters. The molecule has 0 aliphatic rings. The fourth-order valence-electron chi connectivity index (χ4n) is 0.896. The molecule has 0 saturated heterocycles. The molecule has 4 nitrogen and oxygen atoms in total. The highest BCUT2D eigenvalue weighted by Gasteiger charge is 2.01. The van der Waals surface area contributed by atoms with Crippen LogP contribution in [0.4, 0.5) is 5.82 Å². The van der Waals surface area contributed by atoms with Crippen molar-refractivity contribution >= 4 is 11.9 Å². The minimum absolute atomic E-state index is 0.393. The monoisotopic (exact) mass is 162 g/mol. The zero-order valence-corrected chi connectivity index (χ0v) is 6.83. The van der Waals surface area contributed by atoms with Crippen LogP contribution in [0.1, 0.15) is 17.7 Å². The molecule has 0 aliphatic carbocycles. The molecular formula is C8H10N4. The van der Waals surface area contributed by atoms with Gasteiger partial charge in [0.05, 0.1) is 12.5 Å². The quantitative estimate of drug-likeness (QED) is 0.686. The Morgan fingerprint density at radius 3 is 3.00 bits per heavy atom. The van der Waals surface area contributed by atoms with Crippen LogP contribution >= 0.6 is 0 Å². The minimum Gasteiger partial charge on any atom is -0.382 e. The van der Waals surface area contributed by atoms with Crippen molar-refractivity contribution in [2.45, 2.75) is 13.3 Å². The maximum atomic E-state index is 8.28. The van der Waals surface area contributed by atoms with Gasteiger partial charge < -0.3 is 5.73 Å². The summed E-state index contributed by atoms with van der Waals surface area (Å²) in [6.45, 7) is 1.88. The Bertz CT molecular complexity index is 310. The van der Waals surface area contributed by atoms with Gasteiger partial charge in [-0.3, -0.25) is 5.10 Å². The Morgan fingerprint density at radius 2 is 2.50 bits per heavy atom. The van der Waals surface area contributed by atoms with Crippen LogP contribution in [-0.2, 0) is 0 Å². The third-order valence-electron chi connectivity index (χ3n) is 1.52. The fourth-order valence-corrected chi connectivity index (χ4v) is 0.896. The number of rotatable bonds is 2. The number of hydrogen-bond acceptors (Lipinski definition) is 3. The summed E-state index contributed by atoms with van der Waals surface area (Å²) in [6.07, 6.45) is 3.95. The highest BCUT2D eigenvalue weighted by atomic mass is 15.2. The SMILES string of the molecule is Cc1[nH]nc(N)c1C=CCC#N. The van der Waals surface area contributed by atoms with Gasteiger partial charge in [-0.15, -0.1) is 0 Å². The number of allylic oxidation sites excluding steroid dienone is 1. The van der Waals surface area contributed by atoms with E-state index in [-0.39, 0.29) is 0 Å². The molecule has 0 amide bonds. The van der Waals surface area contributed by atoms with Crippen LogP contribution in [0, 0.1) is 18.3 Å². The van der Waals surface area contributed by atoms with E-state index in [4.69, 9.17) is 11.0 Å². The molecular weight excluding hydrogens is 152 g/mol. The second kappa shape index (κ2) is 3.58. The van der Waals surface area contributed by atoms with E-state index >= 15 is 0 Å². The molecule has 1 rings (SSSR count). The molecule has 0 saturated carbocycles. The molecule has 0 aromatic carbocycles. The van der Waals surface area contributed by atoms with Crippen LogP contribution in [0.25, 0.3) is 6.08 Å². The van der Waals surface area contributed by atoms with Crippen LogP contribution in [0.3, 0.4) is 0 Å². The van der Waals surface area contributed by atoms with Crippen molar-refractivity contribution in [1.82, 2.24) is 10.2 Å². The lowest BCUT2D eigenvalue weighted by atomic mass is 10.2. The summed E-state index contributed by atoms with van der Waals surface area (Å²) in [5.74, 6) is 0.474. The summed E-state index contributed by atoms with van der Waals surface area (Å²) in [5.41, 5.74) is 7.33. The summed E-state index contributed by atoms with van der Waals surface area (Å²) in [7, 11) is 0. The lowest BCUT2D eigenvalue weighted by Gasteiger charge is -1.89. The van der Waals surface area contributed by atoms with Crippen molar-refractivity contribution in [1.29, 1.82) is 5.26 Å². The van der Waals surface area contributed by atoms with E-state index in [1.807, 2.05) is 13.0 Å². The third-order valence-corrected chi connectivity index (χ3v) is 1.52. The van der Waals surface area contributed by atoms with Crippen LogP contribution in [-0.4, -0.2) is 10.2 Å². The predicted molar refractivity (Wildman–Crippen MR) is 47.0 cm³/mol. The number of nitrogen functional groups attached to an aromatic ring is 1. The van der Waals surface area contributed by atoms with Gasteiger partial charge in [0.25, 0.3) is 0 Å². The number of nitrogens with one attached hydrogen (secondary N) is 1. The lowest BCUT2D eigenvalue weighted by molar-refractivity contribution is 1.05. The van der Waals surface area contributed by atoms with Crippen LogP contribution in [0.5, 0.6) is 0 Å². The number of H-pyrrole nitrogens is 1. The van der Waals surface area contributed by atoms with Crippen molar-refractivity contribution in [3.8, 4) is 6.07 Å². The number of aryl methyl sites for hydroxylation is 1. The van der Waals surface area contributed by atoms with E-state index in [0.717, 1.165) is 11.3 Å². The van der Waals surface area contributed by atoms with Gasteiger partial charge in [0.15, 0.2) is 5.82 Å². The van der Waals surface area contributed by atoms with Crippen LogP contribution in [0.2, 0.25) is 0 Å². The molecule has 12 heavy (non-hydrogen) atoms. The topological polar surface area (TPSA) is 78.5 Å². The van der Waals surface area contributed by atoms with Gasteiger partial charge in [-0.25, -0.2) is 0 Å². The van der Waals surface area contributed by atoms with Gasteiger partial charge in [-0.05, 0) is 6.92 Å². The zero-order chi connectivity index (χ0) is 8.97.